The summed E-state index contributed by atoms with van der Waals surface area (Å²) in [5, 5.41) is 5.57. The van der Waals surface area contributed by atoms with Crippen LogP contribution >= 0.6 is 11.8 Å². The first-order valence-corrected chi connectivity index (χ1v) is 6.18. The third kappa shape index (κ3) is 1.71. The van der Waals surface area contributed by atoms with Gasteiger partial charge in [-0.15, -0.1) is 0 Å². The van der Waals surface area contributed by atoms with E-state index in [1.54, 1.807) is 0 Å². The van der Waals surface area contributed by atoms with Crippen LogP contribution in [0.25, 0.3) is 0 Å². The second kappa shape index (κ2) is 2.91. The first-order valence-electron chi connectivity index (χ1n) is 5.30. The molecule has 0 spiro atoms. The molecule has 3 heteroatoms. The van der Waals surface area contributed by atoms with E-state index in [-0.39, 0.29) is 0 Å². The topological polar surface area (TPSA) is 24.4 Å². The van der Waals surface area contributed by atoms with Gasteiger partial charge in [0, 0.05) is 11.3 Å². The molecule has 1 heterocycles. The van der Waals surface area contributed by atoms with Crippen molar-refractivity contribution in [1.29, 1.82) is 0 Å². The Hall–Kier alpha value is -0.180. The van der Waals surface area contributed by atoms with Crippen molar-refractivity contribution in [2.24, 2.45) is 16.8 Å². The van der Waals surface area contributed by atoms with Gasteiger partial charge in [-0.3, -0.25) is 4.99 Å². The summed E-state index contributed by atoms with van der Waals surface area (Å²) in [6.45, 7) is 3.37. The van der Waals surface area contributed by atoms with Crippen LogP contribution in [0.1, 0.15) is 26.2 Å². The summed E-state index contributed by atoms with van der Waals surface area (Å²) in [5.41, 5.74) is 0. The van der Waals surface area contributed by atoms with Crippen LogP contribution in [0, 0.1) is 11.8 Å². The normalized spacial score (nSPS) is 43.2. The summed E-state index contributed by atoms with van der Waals surface area (Å²) in [6, 6.07) is 0.740. The number of hydrogen-bond donors (Lipinski definition) is 1. The van der Waals surface area contributed by atoms with Crippen molar-refractivity contribution < 1.29 is 0 Å². The van der Waals surface area contributed by atoms with Crippen molar-refractivity contribution in [2.45, 2.75) is 37.5 Å². The van der Waals surface area contributed by atoms with E-state index in [1.165, 1.54) is 24.4 Å². The molecule has 0 aromatic carbocycles. The van der Waals surface area contributed by atoms with Gasteiger partial charge in [0.1, 0.15) is 0 Å². The largest absolute Gasteiger partial charge is 0.362 e. The van der Waals surface area contributed by atoms with Gasteiger partial charge in [-0.05, 0) is 31.1 Å². The Morgan fingerprint density at radius 3 is 2.85 bits per heavy atom. The van der Waals surface area contributed by atoms with E-state index in [0.29, 0.717) is 0 Å². The van der Waals surface area contributed by atoms with E-state index in [2.05, 4.69) is 17.2 Å². The monoisotopic (exact) mass is 196 g/mol. The average molecular weight is 196 g/mol. The van der Waals surface area contributed by atoms with Crippen LogP contribution < -0.4 is 5.32 Å². The van der Waals surface area contributed by atoms with Gasteiger partial charge in [0.15, 0.2) is 5.17 Å². The second-order valence-electron chi connectivity index (χ2n) is 4.60. The standard InChI is InChI=1S/C10H16N2S/c1-6-4-8(6)12-10-11-5-9(13-10)7-2-3-7/h6-9H,2-5H2,1H3,(H,11,12). The second-order valence-corrected chi connectivity index (χ2v) is 5.83. The molecule has 2 saturated carbocycles. The molecule has 3 aliphatic rings. The first kappa shape index (κ1) is 8.16. The lowest BCUT2D eigenvalue weighted by molar-refractivity contribution is 0.770. The average Bonchev–Trinajstić information content (AvgIpc) is 2.99. The summed E-state index contributed by atoms with van der Waals surface area (Å²) in [4.78, 5) is 4.56. The molecule has 3 unspecified atom stereocenters. The van der Waals surface area contributed by atoms with E-state index < -0.39 is 0 Å². The summed E-state index contributed by atoms with van der Waals surface area (Å²) >= 11 is 1.99. The molecule has 2 nitrogen and oxygen atoms in total. The Balaban J connectivity index is 1.50. The molecule has 1 N–H and O–H groups in total. The zero-order valence-electron chi connectivity index (χ0n) is 7.99. The number of rotatable bonds is 2. The minimum atomic E-state index is 0.740. The molecule has 1 aliphatic heterocycles. The predicted octanol–water partition coefficient (Wildman–Crippen LogP) is 1.87. The van der Waals surface area contributed by atoms with Crippen molar-refractivity contribution in [3.8, 4) is 0 Å². The van der Waals surface area contributed by atoms with E-state index in [4.69, 9.17) is 0 Å². The molecule has 0 bridgehead atoms. The number of aliphatic imine (C=N–C) groups is 1. The van der Waals surface area contributed by atoms with Crippen LogP contribution in [-0.4, -0.2) is 23.0 Å². The smallest absolute Gasteiger partial charge is 0.157 e. The summed E-state index contributed by atoms with van der Waals surface area (Å²) in [6.07, 6.45) is 4.23. The maximum absolute atomic E-state index is 4.56. The molecule has 3 rings (SSSR count). The van der Waals surface area contributed by atoms with Crippen molar-refractivity contribution in [3.05, 3.63) is 0 Å². The fourth-order valence-corrected chi connectivity index (χ4v) is 3.13. The SMILES string of the molecule is CC1CC1NC1=NCC(C2CC2)S1. The summed E-state index contributed by atoms with van der Waals surface area (Å²) in [7, 11) is 0. The summed E-state index contributed by atoms with van der Waals surface area (Å²) < 4.78 is 0. The Morgan fingerprint density at radius 1 is 1.46 bits per heavy atom. The molecule has 72 valence electrons. The van der Waals surface area contributed by atoms with Crippen molar-refractivity contribution >= 4 is 16.9 Å². The Morgan fingerprint density at radius 2 is 2.23 bits per heavy atom. The lowest BCUT2D eigenvalue weighted by Crippen LogP contribution is -2.23. The van der Waals surface area contributed by atoms with Gasteiger partial charge in [-0.25, -0.2) is 0 Å². The molecular formula is C10H16N2S. The maximum Gasteiger partial charge on any atom is 0.157 e. The number of nitrogens with one attached hydrogen (secondary N) is 1. The Kier molecular flexibility index (Phi) is 1.82. The fraction of sp³-hybridized carbons (Fsp3) is 0.900. The maximum atomic E-state index is 4.56. The van der Waals surface area contributed by atoms with Gasteiger partial charge in [0.2, 0.25) is 0 Å². The highest BCUT2D eigenvalue weighted by atomic mass is 32.2. The minimum Gasteiger partial charge on any atom is -0.362 e. The first-order chi connectivity index (χ1) is 6.33. The van der Waals surface area contributed by atoms with Crippen LogP contribution in [0.3, 0.4) is 0 Å². The van der Waals surface area contributed by atoms with Gasteiger partial charge in [-0.1, -0.05) is 18.7 Å². The van der Waals surface area contributed by atoms with E-state index in [9.17, 15) is 0 Å². The fourth-order valence-electron chi connectivity index (χ4n) is 1.87. The highest BCUT2D eigenvalue weighted by molar-refractivity contribution is 8.14. The van der Waals surface area contributed by atoms with Crippen molar-refractivity contribution in [3.63, 3.8) is 0 Å². The molecule has 0 saturated heterocycles. The van der Waals surface area contributed by atoms with Crippen molar-refractivity contribution in [2.75, 3.05) is 6.54 Å². The zero-order valence-corrected chi connectivity index (χ0v) is 8.81. The highest BCUT2D eigenvalue weighted by Crippen LogP contribution is 2.42. The molecular weight excluding hydrogens is 180 g/mol. The molecule has 0 amide bonds. The van der Waals surface area contributed by atoms with Crippen LogP contribution in [0.5, 0.6) is 0 Å². The Bertz CT molecular complexity index is 247. The van der Waals surface area contributed by atoms with Crippen LogP contribution in [-0.2, 0) is 0 Å². The zero-order chi connectivity index (χ0) is 8.84. The van der Waals surface area contributed by atoms with Gasteiger partial charge in [0.05, 0.1) is 6.54 Å². The van der Waals surface area contributed by atoms with Gasteiger partial charge in [0.25, 0.3) is 0 Å². The number of nitrogens with zero attached hydrogens (tertiary/aromatic N) is 1. The number of amidine groups is 1. The molecule has 2 aliphatic carbocycles. The van der Waals surface area contributed by atoms with E-state index in [0.717, 1.165) is 29.7 Å². The van der Waals surface area contributed by atoms with Gasteiger partial charge >= 0.3 is 0 Å². The molecule has 13 heavy (non-hydrogen) atoms. The van der Waals surface area contributed by atoms with E-state index >= 15 is 0 Å². The third-order valence-electron chi connectivity index (χ3n) is 3.24. The van der Waals surface area contributed by atoms with Crippen LogP contribution in [0.2, 0.25) is 0 Å². The van der Waals surface area contributed by atoms with E-state index in [1.807, 2.05) is 11.8 Å². The Labute approximate surface area is 83.6 Å². The molecule has 0 aromatic heterocycles. The van der Waals surface area contributed by atoms with Gasteiger partial charge in [-0.2, -0.15) is 0 Å². The molecule has 2 fully saturated rings. The van der Waals surface area contributed by atoms with Crippen LogP contribution in [0.4, 0.5) is 0 Å². The third-order valence-corrected chi connectivity index (χ3v) is 4.55. The molecule has 0 aromatic rings. The summed E-state index contributed by atoms with van der Waals surface area (Å²) in [5.74, 6) is 1.87. The lowest BCUT2D eigenvalue weighted by Gasteiger charge is -2.06. The lowest BCUT2D eigenvalue weighted by atomic mass is 10.3. The van der Waals surface area contributed by atoms with Gasteiger partial charge < -0.3 is 5.32 Å². The highest BCUT2D eigenvalue weighted by Gasteiger charge is 2.38. The number of thioether (sulfide) groups is 1. The number of hydrogen-bond acceptors (Lipinski definition) is 3. The van der Waals surface area contributed by atoms with Crippen molar-refractivity contribution in [1.82, 2.24) is 5.32 Å². The van der Waals surface area contributed by atoms with Crippen LogP contribution in [0.15, 0.2) is 4.99 Å². The molecule has 0 radical (unpaired) electrons. The molecule has 3 atom stereocenters. The predicted molar refractivity (Wildman–Crippen MR) is 57.1 cm³/mol. The quantitative estimate of drug-likeness (QED) is 0.729. The minimum absolute atomic E-state index is 0.740.